The normalized spacial score (nSPS) is 4.62. The molecule has 0 heterocycles. The van der Waals surface area contributed by atoms with Crippen LogP contribution in [0.2, 0.25) is 0 Å². The SMILES string of the molecule is CCC(=O)[O-].[Ga+3].[OH-].[OH-]. The van der Waals surface area contributed by atoms with Crippen molar-refractivity contribution in [2.24, 2.45) is 0 Å². The summed E-state index contributed by atoms with van der Waals surface area (Å²) in [4.78, 5) is 9.26. The number of rotatable bonds is 1. The molecule has 0 aromatic carbocycles. The summed E-state index contributed by atoms with van der Waals surface area (Å²) in [5.74, 6) is -0.995. The van der Waals surface area contributed by atoms with Crippen LogP contribution in [0.5, 0.6) is 0 Å². The number of carbonyl (C=O) groups is 1. The Hall–Kier alpha value is 0.0264. The third-order valence-electron chi connectivity index (χ3n) is 0.289. The third-order valence-corrected chi connectivity index (χ3v) is 0.289. The first-order chi connectivity index (χ1) is 2.27. The van der Waals surface area contributed by atoms with E-state index in [2.05, 4.69) is 0 Å². The monoisotopic (exact) mass is 176 g/mol. The average molecular weight is 177 g/mol. The van der Waals surface area contributed by atoms with Gasteiger partial charge in [0, 0.05) is 5.97 Å². The zero-order chi connectivity index (χ0) is 4.28. The van der Waals surface area contributed by atoms with Gasteiger partial charge in [0.2, 0.25) is 0 Å². The summed E-state index contributed by atoms with van der Waals surface area (Å²) in [5, 5.41) is 9.26. The van der Waals surface area contributed by atoms with Crippen LogP contribution in [0.3, 0.4) is 0 Å². The predicted molar refractivity (Wildman–Crippen MR) is 24.9 cm³/mol. The number of carboxylic acids is 1. The molecule has 0 rings (SSSR count). The van der Waals surface area contributed by atoms with E-state index in [0.717, 1.165) is 0 Å². The number of carboxylic acid groups (broad SMARTS) is 1. The van der Waals surface area contributed by atoms with Crippen molar-refractivity contribution in [2.75, 3.05) is 0 Å². The zero-order valence-corrected chi connectivity index (χ0v) is 6.92. The van der Waals surface area contributed by atoms with Crippen molar-refractivity contribution in [3.05, 3.63) is 0 Å². The maximum absolute atomic E-state index is 9.26. The molecule has 0 saturated heterocycles. The molecule has 0 aliphatic rings. The summed E-state index contributed by atoms with van der Waals surface area (Å²) in [6.45, 7) is 1.54. The fraction of sp³-hybridized carbons (Fsp3) is 0.667. The molecule has 0 aliphatic heterocycles. The molecule has 4 nitrogen and oxygen atoms in total. The average Bonchev–Trinajstić information content (AvgIpc) is 1.38. The van der Waals surface area contributed by atoms with E-state index in [-0.39, 0.29) is 37.2 Å². The van der Waals surface area contributed by atoms with Crippen LogP contribution in [0, 0.1) is 0 Å². The van der Waals surface area contributed by atoms with Gasteiger partial charge in [0.1, 0.15) is 0 Å². The van der Waals surface area contributed by atoms with Gasteiger partial charge in [-0.05, 0) is 6.42 Å². The van der Waals surface area contributed by atoms with Gasteiger partial charge in [-0.2, -0.15) is 0 Å². The van der Waals surface area contributed by atoms with Gasteiger partial charge in [0.25, 0.3) is 0 Å². The molecule has 0 amide bonds. The van der Waals surface area contributed by atoms with E-state index in [1.54, 1.807) is 0 Å². The third kappa shape index (κ3) is 37.1. The van der Waals surface area contributed by atoms with Gasteiger partial charge < -0.3 is 20.9 Å². The fourth-order valence-corrected chi connectivity index (χ4v) is 0. The Labute approximate surface area is 60.6 Å². The van der Waals surface area contributed by atoms with Crippen LogP contribution in [0.25, 0.3) is 0 Å². The summed E-state index contributed by atoms with van der Waals surface area (Å²) in [7, 11) is 0. The van der Waals surface area contributed by atoms with E-state index in [9.17, 15) is 9.90 Å². The largest absolute Gasteiger partial charge is 3.00 e. The number of hydrogen-bond donors (Lipinski definition) is 0. The van der Waals surface area contributed by atoms with Crippen molar-refractivity contribution in [3.63, 3.8) is 0 Å². The van der Waals surface area contributed by atoms with Crippen LogP contribution in [-0.4, -0.2) is 36.7 Å². The molecule has 0 unspecified atom stereocenters. The van der Waals surface area contributed by atoms with Gasteiger partial charge in [-0.1, -0.05) is 6.92 Å². The van der Waals surface area contributed by atoms with Crippen LogP contribution in [0.15, 0.2) is 0 Å². The molecular formula is C3H7GaO4. The minimum atomic E-state index is -0.995. The summed E-state index contributed by atoms with van der Waals surface area (Å²) >= 11 is 0. The van der Waals surface area contributed by atoms with E-state index in [1.807, 2.05) is 0 Å². The van der Waals surface area contributed by atoms with Gasteiger partial charge in [0.05, 0.1) is 0 Å². The Kier molecular flexibility index (Phi) is 48.1. The summed E-state index contributed by atoms with van der Waals surface area (Å²) < 4.78 is 0. The smallest absolute Gasteiger partial charge is 0.870 e. The molecule has 0 bridgehead atoms. The van der Waals surface area contributed by atoms with Crippen LogP contribution in [0.1, 0.15) is 13.3 Å². The molecule has 0 aromatic rings. The van der Waals surface area contributed by atoms with Crippen molar-refractivity contribution in [1.29, 1.82) is 0 Å². The van der Waals surface area contributed by atoms with E-state index in [4.69, 9.17) is 0 Å². The fourth-order valence-electron chi connectivity index (χ4n) is 0. The van der Waals surface area contributed by atoms with Crippen molar-refractivity contribution < 1.29 is 20.9 Å². The van der Waals surface area contributed by atoms with E-state index in [0.29, 0.717) is 0 Å². The first-order valence-corrected chi connectivity index (χ1v) is 1.47. The van der Waals surface area contributed by atoms with Crippen molar-refractivity contribution in [3.8, 4) is 0 Å². The summed E-state index contributed by atoms with van der Waals surface area (Å²) in [6, 6.07) is 0. The Morgan fingerprint density at radius 3 is 1.62 bits per heavy atom. The molecule has 0 radical (unpaired) electrons. The molecule has 0 spiro atoms. The van der Waals surface area contributed by atoms with Gasteiger partial charge in [-0.25, -0.2) is 0 Å². The molecule has 0 saturated carbocycles. The van der Waals surface area contributed by atoms with Crippen molar-refractivity contribution in [2.45, 2.75) is 13.3 Å². The second-order valence-corrected chi connectivity index (χ2v) is 0.726. The maximum atomic E-state index is 9.26. The Morgan fingerprint density at radius 2 is 1.62 bits per heavy atom. The molecule has 0 aliphatic carbocycles. The van der Waals surface area contributed by atoms with Gasteiger partial charge in [0.15, 0.2) is 0 Å². The van der Waals surface area contributed by atoms with E-state index >= 15 is 0 Å². The molecule has 2 N–H and O–H groups in total. The van der Waals surface area contributed by atoms with Crippen molar-refractivity contribution >= 4 is 25.8 Å². The van der Waals surface area contributed by atoms with E-state index < -0.39 is 5.97 Å². The van der Waals surface area contributed by atoms with Crippen LogP contribution >= 0.6 is 0 Å². The van der Waals surface area contributed by atoms with Crippen LogP contribution < -0.4 is 5.11 Å². The molecule has 8 heavy (non-hydrogen) atoms. The van der Waals surface area contributed by atoms with Crippen LogP contribution in [-0.2, 0) is 4.79 Å². The first kappa shape index (κ1) is 24.4. The van der Waals surface area contributed by atoms with Gasteiger partial charge in [-0.15, -0.1) is 0 Å². The minimum Gasteiger partial charge on any atom is -0.870 e. The van der Waals surface area contributed by atoms with Crippen LogP contribution in [0.4, 0.5) is 0 Å². The molecule has 0 aromatic heterocycles. The molecule has 46 valence electrons. The van der Waals surface area contributed by atoms with Crippen molar-refractivity contribution in [1.82, 2.24) is 0 Å². The Balaban J connectivity index is -0.0000000267. The van der Waals surface area contributed by atoms with Gasteiger partial charge >= 0.3 is 19.8 Å². The number of hydrogen-bond acceptors (Lipinski definition) is 4. The van der Waals surface area contributed by atoms with E-state index in [1.165, 1.54) is 6.92 Å². The number of aliphatic carboxylic acids is 1. The quantitative estimate of drug-likeness (QED) is 0.450. The Morgan fingerprint density at radius 1 is 1.50 bits per heavy atom. The molecule has 0 atom stereocenters. The summed E-state index contributed by atoms with van der Waals surface area (Å²) in [6.07, 6.45) is 0.111. The molecule has 5 heteroatoms. The number of carbonyl (C=O) groups excluding carboxylic acids is 1. The standard InChI is InChI=1S/C3H6O2.Ga.2H2O/c1-2-3(4)5;;;/h2H2,1H3,(H,4,5);;2*1H2/q;+3;;/p-3. The zero-order valence-electron chi connectivity index (χ0n) is 4.50. The minimum absolute atomic E-state index is 0. The summed E-state index contributed by atoms with van der Waals surface area (Å²) in [5.41, 5.74) is 0. The topological polar surface area (TPSA) is 100 Å². The maximum Gasteiger partial charge on any atom is 3.00 e. The van der Waals surface area contributed by atoms with Gasteiger partial charge in [-0.3, -0.25) is 0 Å². The predicted octanol–water partition coefficient (Wildman–Crippen LogP) is -1.59. The second-order valence-electron chi connectivity index (χ2n) is 0.726. The molecule has 0 fully saturated rings. The Bertz CT molecular complexity index is 46.5. The molecular weight excluding hydrogens is 170 g/mol. The first-order valence-electron chi connectivity index (χ1n) is 1.47. The second kappa shape index (κ2) is 15.7.